The highest BCUT2D eigenvalue weighted by molar-refractivity contribution is 7.29. The van der Waals surface area contributed by atoms with Crippen LogP contribution in [0.15, 0.2) is 6.07 Å². The standard InChI is InChI=1S/C14H22N4OS2.2ClH/c1-14(2,7-15)8-18(5)12(19)10-6-9-11(20-10)16-13(21-9)17(3)4;;/h6H,7-8,15H2,1-5H3;2*1H. The molecule has 2 rings (SSSR count). The monoisotopic (exact) mass is 398 g/mol. The quantitative estimate of drug-likeness (QED) is 0.838. The van der Waals surface area contributed by atoms with Crippen molar-refractivity contribution in [3.05, 3.63) is 10.9 Å². The van der Waals surface area contributed by atoms with Crippen molar-refractivity contribution in [2.24, 2.45) is 11.1 Å². The van der Waals surface area contributed by atoms with Crippen LogP contribution >= 0.6 is 47.5 Å². The molecule has 132 valence electrons. The van der Waals surface area contributed by atoms with Gasteiger partial charge >= 0.3 is 0 Å². The van der Waals surface area contributed by atoms with Crippen LogP contribution in [0.5, 0.6) is 0 Å². The molecule has 2 aromatic heterocycles. The highest BCUT2D eigenvalue weighted by Crippen LogP contribution is 2.34. The summed E-state index contributed by atoms with van der Waals surface area (Å²) in [5.74, 6) is 0.0399. The van der Waals surface area contributed by atoms with Gasteiger partial charge < -0.3 is 15.5 Å². The van der Waals surface area contributed by atoms with Crippen LogP contribution in [-0.4, -0.2) is 50.0 Å². The van der Waals surface area contributed by atoms with Gasteiger partial charge in [-0.2, -0.15) is 0 Å². The van der Waals surface area contributed by atoms with E-state index < -0.39 is 0 Å². The lowest BCUT2D eigenvalue weighted by atomic mass is 9.93. The van der Waals surface area contributed by atoms with Crippen LogP contribution in [0.3, 0.4) is 0 Å². The zero-order chi connectivity index (χ0) is 15.8. The lowest BCUT2D eigenvalue weighted by Gasteiger charge is -2.28. The number of hydrogen-bond acceptors (Lipinski definition) is 6. The van der Waals surface area contributed by atoms with Crippen molar-refractivity contribution < 1.29 is 4.79 Å². The van der Waals surface area contributed by atoms with Crippen LogP contribution in [0.1, 0.15) is 23.5 Å². The van der Waals surface area contributed by atoms with Crippen molar-refractivity contribution in [1.29, 1.82) is 0 Å². The van der Waals surface area contributed by atoms with Gasteiger partial charge in [-0.15, -0.1) is 36.2 Å². The normalized spacial score (nSPS) is 10.9. The molecule has 0 atom stereocenters. The van der Waals surface area contributed by atoms with Gasteiger partial charge in [-0.3, -0.25) is 4.79 Å². The van der Waals surface area contributed by atoms with E-state index in [1.54, 1.807) is 16.2 Å². The van der Waals surface area contributed by atoms with Gasteiger partial charge in [-0.25, -0.2) is 4.98 Å². The summed E-state index contributed by atoms with van der Waals surface area (Å²) in [7, 11) is 5.76. The van der Waals surface area contributed by atoms with Gasteiger partial charge in [0, 0.05) is 27.7 Å². The van der Waals surface area contributed by atoms with E-state index in [0.29, 0.717) is 13.1 Å². The van der Waals surface area contributed by atoms with E-state index in [9.17, 15) is 4.79 Å². The van der Waals surface area contributed by atoms with Crippen LogP contribution < -0.4 is 10.6 Å². The minimum absolute atomic E-state index is 0. The molecule has 0 saturated carbocycles. The Bertz CT molecular complexity index is 623. The lowest BCUT2D eigenvalue weighted by molar-refractivity contribution is 0.0745. The van der Waals surface area contributed by atoms with E-state index in [1.165, 1.54) is 11.3 Å². The van der Waals surface area contributed by atoms with Crippen molar-refractivity contribution in [3.8, 4) is 0 Å². The maximum Gasteiger partial charge on any atom is 0.263 e. The zero-order valence-electron chi connectivity index (χ0n) is 14.0. The largest absolute Gasteiger partial charge is 0.354 e. The molecule has 0 saturated heterocycles. The molecule has 0 aliphatic carbocycles. The maximum absolute atomic E-state index is 12.5. The molecule has 5 nitrogen and oxygen atoms in total. The molecule has 0 radical (unpaired) electrons. The van der Waals surface area contributed by atoms with Gasteiger partial charge in [0.2, 0.25) is 0 Å². The Morgan fingerprint density at radius 1 is 1.26 bits per heavy atom. The van der Waals surface area contributed by atoms with Gasteiger partial charge in [0.25, 0.3) is 5.91 Å². The first-order valence-corrected chi connectivity index (χ1v) is 8.40. The number of halogens is 2. The minimum atomic E-state index is -0.0740. The molecule has 0 spiro atoms. The number of fused-ring (bicyclic) bond motifs is 1. The molecule has 0 fully saturated rings. The molecule has 1 amide bonds. The second kappa shape index (κ2) is 8.48. The first-order chi connectivity index (χ1) is 9.73. The Labute approximate surface area is 157 Å². The average molecular weight is 399 g/mol. The Kier molecular flexibility index (Phi) is 8.26. The molecule has 2 aromatic rings. The van der Waals surface area contributed by atoms with Crippen LogP contribution in [0.4, 0.5) is 5.13 Å². The number of thiazole rings is 1. The SMILES string of the molecule is CN(CC(C)(C)CN)C(=O)c1cc2sc(N(C)C)nc2s1.Cl.Cl. The number of nitrogens with two attached hydrogens (primary N) is 1. The molecular formula is C14H24Cl2N4OS2. The fourth-order valence-electron chi connectivity index (χ4n) is 1.99. The lowest BCUT2D eigenvalue weighted by Crippen LogP contribution is -2.39. The Morgan fingerprint density at radius 2 is 1.87 bits per heavy atom. The highest BCUT2D eigenvalue weighted by Gasteiger charge is 2.23. The molecule has 9 heteroatoms. The van der Waals surface area contributed by atoms with Gasteiger partial charge in [0.15, 0.2) is 5.13 Å². The van der Waals surface area contributed by atoms with Crippen molar-refractivity contribution >= 4 is 68.1 Å². The number of carbonyl (C=O) groups excluding carboxylic acids is 1. The summed E-state index contributed by atoms with van der Waals surface area (Å²) in [5.41, 5.74) is 5.66. The summed E-state index contributed by atoms with van der Waals surface area (Å²) in [6, 6.07) is 1.94. The van der Waals surface area contributed by atoms with Crippen LogP contribution in [0.2, 0.25) is 0 Å². The fraction of sp³-hybridized carbons (Fsp3) is 0.571. The van der Waals surface area contributed by atoms with Crippen molar-refractivity contribution in [2.75, 3.05) is 39.1 Å². The first-order valence-electron chi connectivity index (χ1n) is 6.77. The number of hydrogen-bond donors (Lipinski definition) is 1. The average Bonchev–Trinajstić information content (AvgIpc) is 2.95. The Balaban J connectivity index is 0.00000242. The summed E-state index contributed by atoms with van der Waals surface area (Å²) in [4.78, 5) is 22.4. The third-order valence-electron chi connectivity index (χ3n) is 3.24. The summed E-state index contributed by atoms with van der Waals surface area (Å²) in [5, 5.41) is 0.966. The zero-order valence-corrected chi connectivity index (χ0v) is 17.2. The number of carbonyl (C=O) groups is 1. The summed E-state index contributed by atoms with van der Waals surface area (Å²) in [6.45, 7) is 5.32. The Hall–Kier alpha value is -0.600. The highest BCUT2D eigenvalue weighted by atomic mass is 35.5. The van der Waals surface area contributed by atoms with Crippen molar-refractivity contribution in [3.63, 3.8) is 0 Å². The second-order valence-corrected chi connectivity index (χ2v) is 8.24. The van der Waals surface area contributed by atoms with E-state index in [4.69, 9.17) is 5.73 Å². The number of nitrogens with zero attached hydrogens (tertiary/aromatic N) is 3. The van der Waals surface area contributed by atoms with Crippen molar-refractivity contribution in [1.82, 2.24) is 9.88 Å². The molecule has 0 aromatic carbocycles. The van der Waals surface area contributed by atoms with Gasteiger partial charge in [0.05, 0.1) is 9.58 Å². The molecule has 0 unspecified atom stereocenters. The molecular weight excluding hydrogens is 375 g/mol. The van der Waals surface area contributed by atoms with E-state index >= 15 is 0 Å². The molecule has 0 aliphatic rings. The van der Waals surface area contributed by atoms with Crippen LogP contribution in [0.25, 0.3) is 9.53 Å². The fourth-order valence-corrected chi connectivity index (χ4v) is 4.12. The van der Waals surface area contributed by atoms with Gasteiger partial charge in [0.1, 0.15) is 4.83 Å². The van der Waals surface area contributed by atoms with Crippen LogP contribution in [0, 0.1) is 5.41 Å². The minimum Gasteiger partial charge on any atom is -0.354 e. The molecule has 0 aliphatic heterocycles. The third kappa shape index (κ3) is 5.19. The topological polar surface area (TPSA) is 62.5 Å². The summed E-state index contributed by atoms with van der Waals surface area (Å²) < 4.78 is 1.07. The number of amides is 1. The summed E-state index contributed by atoms with van der Waals surface area (Å²) in [6.07, 6.45) is 0. The number of anilines is 1. The van der Waals surface area contributed by atoms with E-state index in [2.05, 4.69) is 18.8 Å². The maximum atomic E-state index is 12.5. The summed E-state index contributed by atoms with van der Waals surface area (Å²) >= 11 is 3.06. The second-order valence-electron chi connectivity index (χ2n) is 6.20. The molecule has 2 N–H and O–H groups in total. The molecule has 2 heterocycles. The number of rotatable bonds is 5. The molecule has 0 bridgehead atoms. The smallest absolute Gasteiger partial charge is 0.263 e. The van der Waals surface area contributed by atoms with Crippen LogP contribution in [-0.2, 0) is 0 Å². The van der Waals surface area contributed by atoms with E-state index in [0.717, 1.165) is 19.5 Å². The van der Waals surface area contributed by atoms with Crippen molar-refractivity contribution in [2.45, 2.75) is 13.8 Å². The third-order valence-corrected chi connectivity index (χ3v) is 5.55. The van der Waals surface area contributed by atoms with E-state index in [-0.39, 0.29) is 36.1 Å². The predicted molar refractivity (Wildman–Crippen MR) is 106 cm³/mol. The Morgan fingerprint density at radius 3 is 2.35 bits per heavy atom. The number of thiophene rings is 1. The van der Waals surface area contributed by atoms with Gasteiger partial charge in [-0.05, 0) is 18.0 Å². The van der Waals surface area contributed by atoms with Gasteiger partial charge in [-0.1, -0.05) is 25.2 Å². The first kappa shape index (κ1) is 22.4. The predicted octanol–water partition coefficient (Wildman–Crippen LogP) is 3.32. The molecule has 23 heavy (non-hydrogen) atoms. The number of aromatic nitrogens is 1. The van der Waals surface area contributed by atoms with E-state index in [1.807, 2.05) is 32.1 Å².